The maximum atomic E-state index is 12.1. The molecule has 0 aromatic carbocycles. The van der Waals surface area contributed by atoms with Crippen LogP contribution in [0.25, 0.3) is 0 Å². The van der Waals surface area contributed by atoms with Crippen molar-refractivity contribution in [2.75, 3.05) is 13.6 Å². The highest BCUT2D eigenvalue weighted by atomic mass is 35.5. The summed E-state index contributed by atoms with van der Waals surface area (Å²) in [5, 5.41) is 8.76. The van der Waals surface area contributed by atoms with Crippen molar-refractivity contribution in [2.24, 2.45) is 5.92 Å². The number of amides is 2. The van der Waals surface area contributed by atoms with E-state index in [0.717, 1.165) is 25.7 Å². The van der Waals surface area contributed by atoms with Gasteiger partial charge >= 0.3 is 0 Å². The molecule has 1 aliphatic carbocycles. The van der Waals surface area contributed by atoms with E-state index in [4.69, 9.17) is 0 Å². The summed E-state index contributed by atoms with van der Waals surface area (Å²) in [5.41, 5.74) is 0. The highest BCUT2D eigenvalue weighted by Crippen LogP contribution is 2.27. The first-order valence-corrected chi connectivity index (χ1v) is 6.76. The lowest BCUT2D eigenvalue weighted by Gasteiger charge is -2.24. The van der Waals surface area contributed by atoms with Crippen molar-refractivity contribution in [3.63, 3.8) is 0 Å². The number of hydrogen-bond acceptors (Lipinski definition) is 3. The molecule has 2 unspecified atom stereocenters. The van der Waals surface area contributed by atoms with E-state index in [1.807, 2.05) is 14.0 Å². The Morgan fingerprint density at radius 3 is 2.32 bits per heavy atom. The summed E-state index contributed by atoms with van der Waals surface area (Å²) in [6.45, 7) is 4.05. The van der Waals surface area contributed by atoms with Crippen LogP contribution in [-0.4, -0.2) is 37.5 Å². The molecule has 2 atom stereocenters. The monoisotopic (exact) mass is 291 g/mol. The first kappa shape index (κ1) is 18.2. The van der Waals surface area contributed by atoms with Gasteiger partial charge in [0.1, 0.15) is 6.04 Å². The minimum absolute atomic E-state index is 0. The summed E-state index contributed by atoms with van der Waals surface area (Å²) < 4.78 is 0. The molecule has 3 N–H and O–H groups in total. The van der Waals surface area contributed by atoms with E-state index >= 15 is 0 Å². The smallest absolute Gasteiger partial charge is 0.242 e. The molecule has 1 saturated carbocycles. The zero-order valence-corrected chi connectivity index (χ0v) is 12.8. The lowest BCUT2D eigenvalue weighted by molar-refractivity contribution is -0.129. The first-order valence-electron chi connectivity index (χ1n) is 6.76. The molecule has 0 aromatic heterocycles. The molecule has 5 nitrogen and oxygen atoms in total. The lowest BCUT2D eigenvalue weighted by atomic mass is 9.97. The third kappa shape index (κ3) is 6.25. The van der Waals surface area contributed by atoms with Gasteiger partial charge in [-0.3, -0.25) is 9.59 Å². The molecule has 112 valence electrons. The van der Waals surface area contributed by atoms with Gasteiger partial charge in [0.25, 0.3) is 0 Å². The van der Waals surface area contributed by atoms with Crippen LogP contribution in [0.2, 0.25) is 0 Å². The number of carbonyl (C=O) groups is 2. The van der Waals surface area contributed by atoms with E-state index in [0.29, 0.717) is 12.5 Å². The second-order valence-corrected chi connectivity index (χ2v) is 5.16. The number of halogens is 1. The van der Waals surface area contributed by atoms with Crippen molar-refractivity contribution in [3.05, 3.63) is 0 Å². The Morgan fingerprint density at radius 1 is 1.26 bits per heavy atom. The number of hydrogen-bond donors (Lipinski definition) is 3. The largest absolute Gasteiger partial charge is 0.353 e. The van der Waals surface area contributed by atoms with Crippen LogP contribution in [0.15, 0.2) is 0 Å². The zero-order valence-electron chi connectivity index (χ0n) is 12.0. The third-order valence-electron chi connectivity index (χ3n) is 3.59. The summed E-state index contributed by atoms with van der Waals surface area (Å²) in [7, 11) is 1.86. The summed E-state index contributed by atoms with van der Waals surface area (Å²) >= 11 is 0. The van der Waals surface area contributed by atoms with Crippen LogP contribution in [0.3, 0.4) is 0 Å². The molecule has 0 aliphatic heterocycles. The summed E-state index contributed by atoms with van der Waals surface area (Å²) in [6.07, 6.45) is 4.36. The maximum absolute atomic E-state index is 12.1. The SMILES string of the molecule is CNC(C)CNC(=O)C(NC(C)=O)C1CCCC1.Cl. The van der Waals surface area contributed by atoms with Crippen molar-refractivity contribution in [1.29, 1.82) is 0 Å². The Morgan fingerprint density at radius 2 is 1.84 bits per heavy atom. The van der Waals surface area contributed by atoms with E-state index in [9.17, 15) is 9.59 Å². The molecule has 2 amide bonds. The maximum Gasteiger partial charge on any atom is 0.242 e. The summed E-state index contributed by atoms with van der Waals surface area (Å²) in [5.74, 6) is 0.0988. The second-order valence-electron chi connectivity index (χ2n) is 5.16. The van der Waals surface area contributed by atoms with Crippen LogP contribution >= 0.6 is 12.4 Å². The van der Waals surface area contributed by atoms with E-state index in [2.05, 4.69) is 16.0 Å². The predicted molar refractivity (Wildman–Crippen MR) is 78.3 cm³/mol. The number of likely N-dealkylation sites (N-methyl/N-ethyl adjacent to an activating group) is 1. The van der Waals surface area contributed by atoms with Crippen molar-refractivity contribution in [3.8, 4) is 0 Å². The van der Waals surface area contributed by atoms with Gasteiger partial charge in [-0.2, -0.15) is 0 Å². The third-order valence-corrected chi connectivity index (χ3v) is 3.59. The Kier molecular flexibility index (Phi) is 8.76. The van der Waals surface area contributed by atoms with Gasteiger partial charge in [-0.05, 0) is 32.7 Å². The minimum atomic E-state index is -0.367. The average Bonchev–Trinajstić information content (AvgIpc) is 2.85. The molecule has 0 spiro atoms. The Hall–Kier alpha value is -0.810. The van der Waals surface area contributed by atoms with Crippen LogP contribution in [0.1, 0.15) is 39.5 Å². The van der Waals surface area contributed by atoms with Crippen LogP contribution < -0.4 is 16.0 Å². The molecule has 0 bridgehead atoms. The average molecular weight is 292 g/mol. The molecule has 0 saturated heterocycles. The molecule has 19 heavy (non-hydrogen) atoms. The van der Waals surface area contributed by atoms with E-state index in [-0.39, 0.29) is 36.3 Å². The highest BCUT2D eigenvalue weighted by Gasteiger charge is 2.31. The molecule has 1 aliphatic rings. The summed E-state index contributed by atoms with van der Waals surface area (Å²) in [4.78, 5) is 23.3. The summed E-state index contributed by atoms with van der Waals surface area (Å²) in [6, 6.07) is -0.135. The van der Waals surface area contributed by atoms with Crippen LogP contribution in [0.5, 0.6) is 0 Å². The normalized spacial score (nSPS) is 18.3. The van der Waals surface area contributed by atoms with Gasteiger partial charge in [0.15, 0.2) is 0 Å². The van der Waals surface area contributed by atoms with Crippen LogP contribution in [0, 0.1) is 5.92 Å². The van der Waals surface area contributed by atoms with Crippen LogP contribution in [0.4, 0.5) is 0 Å². The Bertz CT molecular complexity index is 294. The van der Waals surface area contributed by atoms with Gasteiger partial charge in [-0.15, -0.1) is 12.4 Å². The molecule has 6 heteroatoms. The van der Waals surface area contributed by atoms with Crippen molar-refractivity contribution in [1.82, 2.24) is 16.0 Å². The van der Waals surface area contributed by atoms with E-state index in [1.165, 1.54) is 6.92 Å². The molecule has 1 fully saturated rings. The lowest BCUT2D eigenvalue weighted by Crippen LogP contribution is -2.51. The predicted octanol–water partition coefficient (Wildman–Crippen LogP) is 0.827. The van der Waals surface area contributed by atoms with Crippen molar-refractivity contribution >= 4 is 24.2 Å². The second kappa shape index (κ2) is 9.15. The number of rotatable bonds is 6. The van der Waals surface area contributed by atoms with Gasteiger partial charge in [0.05, 0.1) is 0 Å². The van der Waals surface area contributed by atoms with Gasteiger partial charge in [0, 0.05) is 19.5 Å². The number of nitrogens with one attached hydrogen (secondary N) is 3. The van der Waals surface area contributed by atoms with Crippen LogP contribution in [-0.2, 0) is 9.59 Å². The topological polar surface area (TPSA) is 70.2 Å². The van der Waals surface area contributed by atoms with E-state index in [1.54, 1.807) is 0 Å². The molecular formula is C13H26ClN3O2. The van der Waals surface area contributed by atoms with Gasteiger partial charge < -0.3 is 16.0 Å². The van der Waals surface area contributed by atoms with Gasteiger partial charge in [-0.25, -0.2) is 0 Å². The molecule has 0 radical (unpaired) electrons. The fourth-order valence-corrected chi connectivity index (χ4v) is 2.37. The fraction of sp³-hybridized carbons (Fsp3) is 0.846. The first-order chi connectivity index (χ1) is 8.54. The quantitative estimate of drug-likeness (QED) is 0.679. The van der Waals surface area contributed by atoms with Gasteiger partial charge in [-0.1, -0.05) is 12.8 Å². The number of carbonyl (C=O) groups excluding carboxylic acids is 2. The Labute approximate surface area is 121 Å². The Balaban J connectivity index is 0.00000324. The van der Waals surface area contributed by atoms with Crippen molar-refractivity contribution < 1.29 is 9.59 Å². The van der Waals surface area contributed by atoms with Gasteiger partial charge in [0.2, 0.25) is 11.8 Å². The van der Waals surface area contributed by atoms with E-state index < -0.39 is 0 Å². The minimum Gasteiger partial charge on any atom is -0.353 e. The molecule has 0 heterocycles. The molecule has 1 rings (SSSR count). The fourth-order valence-electron chi connectivity index (χ4n) is 2.37. The molecular weight excluding hydrogens is 266 g/mol. The standard InChI is InChI=1S/C13H25N3O2.ClH/c1-9(14-3)8-15-13(18)12(16-10(2)17)11-6-4-5-7-11;/h9,11-12,14H,4-8H2,1-3H3,(H,15,18)(H,16,17);1H. The van der Waals surface area contributed by atoms with Crippen molar-refractivity contribution in [2.45, 2.75) is 51.6 Å². The molecule has 0 aromatic rings. The highest BCUT2D eigenvalue weighted by molar-refractivity contribution is 5.87. The zero-order chi connectivity index (χ0) is 13.5.